The average Bonchev–Trinajstić information content (AvgIpc) is 1.89. The normalized spacial score (nSPS) is 10.7. The van der Waals surface area contributed by atoms with E-state index in [1.54, 1.807) is 0 Å². The molecule has 0 spiro atoms. The van der Waals surface area contributed by atoms with Crippen molar-refractivity contribution in [1.82, 2.24) is 0 Å². The van der Waals surface area contributed by atoms with Crippen LogP contribution in [0.1, 0.15) is 19.8 Å². The fraction of sp³-hybridized carbons (Fsp3) is 0.333. The fourth-order valence-corrected chi connectivity index (χ4v) is 0.462. The van der Waals surface area contributed by atoms with Crippen LogP contribution in [0.2, 0.25) is 0 Å². The molecule has 0 unspecified atom stereocenters. The Kier molecular flexibility index (Phi) is 6.29. The third kappa shape index (κ3) is 7.04. The maximum Gasteiger partial charge on any atom is 0.0267 e. The second-order valence-corrected chi connectivity index (χ2v) is 1.68. The first-order chi connectivity index (χ1) is 4.41. The maximum absolute atomic E-state index is 5.02. The van der Waals surface area contributed by atoms with E-state index in [0.717, 1.165) is 12.8 Å². The molecule has 0 saturated carbocycles. The van der Waals surface area contributed by atoms with E-state index < -0.39 is 0 Å². The summed E-state index contributed by atoms with van der Waals surface area (Å²) < 4.78 is 0. The molecule has 0 fully saturated rings. The van der Waals surface area contributed by atoms with E-state index in [-0.39, 0.29) is 0 Å². The molecule has 0 aromatic rings. The summed E-state index contributed by atoms with van der Waals surface area (Å²) in [5.74, 6) is 2.53. The van der Waals surface area contributed by atoms with Crippen molar-refractivity contribution in [2.45, 2.75) is 19.8 Å². The summed E-state index contributed by atoms with van der Waals surface area (Å²) in [7, 11) is 0. The van der Waals surface area contributed by atoms with Crippen LogP contribution < -0.4 is 0 Å². The molecular formula is C9H12. The Morgan fingerprint density at radius 2 is 2.11 bits per heavy atom. The molecule has 0 amide bonds. The second-order valence-electron chi connectivity index (χ2n) is 1.68. The standard InChI is InChI=1S/C9H12/c1-3-5-7-9-8-6-4-2/h1,4,6-7,9H,5,8H2,2H3/b6-4-,9-7-. The molecule has 0 rings (SSSR count). The maximum atomic E-state index is 5.02. The fourth-order valence-electron chi connectivity index (χ4n) is 0.462. The monoisotopic (exact) mass is 120 g/mol. The topological polar surface area (TPSA) is 0 Å². The van der Waals surface area contributed by atoms with Crippen molar-refractivity contribution in [3.8, 4) is 12.3 Å². The second kappa shape index (κ2) is 7.04. The Hall–Kier alpha value is -0.960. The molecule has 0 radical (unpaired) electrons. The number of rotatable bonds is 3. The Bertz CT molecular complexity index is 133. The molecule has 0 bridgehead atoms. The van der Waals surface area contributed by atoms with Crippen LogP contribution in [-0.2, 0) is 0 Å². The van der Waals surface area contributed by atoms with Crippen molar-refractivity contribution in [3.63, 3.8) is 0 Å². The molecule has 0 aliphatic carbocycles. The Morgan fingerprint density at radius 1 is 1.33 bits per heavy atom. The molecular weight excluding hydrogens is 108 g/mol. The highest BCUT2D eigenvalue weighted by atomic mass is 13.7. The molecule has 48 valence electrons. The summed E-state index contributed by atoms with van der Waals surface area (Å²) in [5.41, 5.74) is 0. The zero-order valence-electron chi connectivity index (χ0n) is 5.80. The van der Waals surface area contributed by atoms with Crippen molar-refractivity contribution < 1.29 is 0 Å². The lowest BCUT2D eigenvalue weighted by Gasteiger charge is -1.77. The van der Waals surface area contributed by atoms with Gasteiger partial charge in [-0.2, -0.15) is 0 Å². The Labute approximate surface area is 57.3 Å². The minimum absolute atomic E-state index is 0.748. The number of terminal acetylenes is 1. The van der Waals surface area contributed by atoms with Crippen LogP contribution in [0.4, 0.5) is 0 Å². The van der Waals surface area contributed by atoms with Crippen LogP contribution in [0.25, 0.3) is 0 Å². The first-order valence-corrected chi connectivity index (χ1v) is 3.11. The Balaban J connectivity index is 3.17. The lowest BCUT2D eigenvalue weighted by Crippen LogP contribution is -1.58. The summed E-state index contributed by atoms with van der Waals surface area (Å²) in [5, 5.41) is 0. The van der Waals surface area contributed by atoms with Crippen molar-refractivity contribution in [2.24, 2.45) is 0 Å². The minimum Gasteiger partial charge on any atom is -0.120 e. The van der Waals surface area contributed by atoms with Gasteiger partial charge in [0.1, 0.15) is 0 Å². The van der Waals surface area contributed by atoms with Crippen LogP contribution >= 0.6 is 0 Å². The molecule has 0 saturated heterocycles. The van der Waals surface area contributed by atoms with Crippen LogP contribution in [0.3, 0.4) is 0 Å². The summed E-state index contributed by atoms with van der Waals surface area (Å²) in [6.07, 6.45) is 15.0. The van der Waals surface area contributed by atoms with Gasteiger partial charge < -0.3 is 0 Å². The molecule has 0 aliphatic rings. The number of hydrogen-bond donors (Lipinski definition) is 0. The van der Waals surface area contributed by atoms with E-state index in [0.29, 0.717) is 0 Å². The first kappa shape index (κ1) is 8.04. The van der Waals surface area contributed by atoms with E-state index in [1.807, 2.05) is 19.1 Å². The zero-order valence-corrected chi connectivity index (χ0v) is 5.80. The molecule has 0 N–H and O–H groups in total. The van der Waals surface area contributed by atoms with Gasteiger partial charge in [-0.1, -0.05) is 24.3 Å². The minimum atomic E-state index is 0.748. The third-order valence-electron chi connectivity index (χ3n) is 0.910. The summed E-state index contributed by atoms with van der Waals surface area (Å²) in [4.78, 5) is 0. The number of hydrogen-bond acceptors (Lipinski definition) is 0. The summed E-state index contributed by atoms with van der Waals surface area (Å²) >= 11 is 0. The third-order valence-corrected chi connectivity index (χ3v) is 0.910. The number of allylic oxidation sites excluding steroid dienone is 4. The first-order valence-electron chi connectivity index (χ1n) is 3.11. The van der Waals surface area contributed by atoms with E-state index in [1.165, 1.54) is 0 Å². The average molecular weight is 120 g/mol. The highest BCUT2D eigenvalue weighted by molar-refractivity contribution is 4.98. The van der Waals surface area contributed by atoms with Crippen LogP contribution in [0.5, 0.6) is 0 Å². The zero-order chi connectivity index (χ0) is 6.95. The molecule has 9 heavy (non-hydrogen) atoms. The van der Waals surface area contributed by atoms with Gasteiger partial charge in [-0.3, -0.25) is 0 Å². The summed E-state index contributed by atoms with van der Waals surface area (Å²) in [6.45, 7) is 2.01. The molecule has 0 aromatic carbocycles. The van der Waals surface area contributed by atoms with E-state index in [2.05, 4.69) is 18.1 Å². The van der Waals surface area contributed by atoms with E-state index in [9.17, 15) is 0 Å². The lowest BCUT2D eigenvalue weighted by atomic mass is 10.3. The van der Waals surface area contributed by atoms with E-state index >= 15 is 0 Å². The van der Waals surface area contributed by atoms with Crippen molar-refractivity contribution in [1.29, 1.82) is 0 Å². The van der Waals surface area contributed by atoms with E-state index in [4.69, 9.17) is 6.42 Å². The van der Waals surface area contributed by atoms with Gasteiger partial charge in [-0.25, -0.2) is 0 Å². The molecule has 0 nitrogen and oxygen atoms in total. The van der Waals surface area contributed by atoms with Gasteiger partial charge in [0.2, 0.25) is 0 Å². The van der Waals surface area contributed by atoms with Gasteiger partial charge in [0.25, 0.3) is 0 Å². The largest absolute Gasteiger partial charge is 0.120 e. The molecule has 0 atom stereocenters. The quantitative estimate of drug-likeness (QED) is 0.396. The van der Waals surface area contributed by atoms with Gasteiger partial charge in [0.05, 0.1) is 0 Å². The molecule has 0 heterocycles. The lowest BCUT2D eigenvalue weighted by molar-refractivity contribution is 1.33. The molecule has 0 heteroatoms. The van der Waals surface area contributed by atoms with Gasteiger partial charge in [0.15, 0.2) is 0 Å². The smallest absolute Gasteiger partial charge is 0.0267 e. The van der Waals surface area contributed by atoms with Crippen molar-refractivity contribution >= 4 is 0 Å². The van der Waals surface area contributed by atoms with Gasteiger partial charge in [-0.05, 0) is 13.3 Å². The van der Waals surface area contributed by atoms with Gasteiger partial charge >= 0.3 is 0 Å². The van der Waals surface area contributed by atoms with Gasteiger partial charge in [-0.15, -0.1) is 12.3 Å². The van der Waals surface area contributed by atoms with Crippen LogP contribution in [0, 0.1) is 12.3 Å². The SMILES string of the molecule is C#CC/C=C\C/C=C\C. The van der Waals surface area contributed by atoms with Crippen molar-refractivity contribution in [2.75, 3.05) is 0 Å². The molecule has 0 aliphatic heterocycles. The van der Waals surface area contributed by atoms with Crippen LogP contribution in [0.15, 0.2) is 24.3 Å². The predicted molar refractivity (Wildman–Crippen MR) is 42.0 cm³/mol. The molecule has 0 aromatic heterocycles. The Morgan fingerprint density at radius 3 is 2.67 bits per heavy atom. The predicted octanol–water partition coefficient (Wildman–Crippen LogP) is 2.53. The highest BCUT2D eigenvalue weighted by Gasteiger charge is 1.67. The van der Waals surface area contributed by atoms with Gasteiger partial charge in [0, 0.05) is 6.42 Å². The van der Waals surface area contributed by atoms with Crippen molar-refractivity contribution in [3.05, 3.63) is 24.3 Å². The summed E-state index contributed by atoms with van der Waals surface area (Å²) in [6, 6.07) is 0. The highest BCUT2D eigenvalue weighted by Crippen LogP contribution is 1.86. The van der Waals surface area contributed by atoms with Crippen LogP contribution in [-0.4, -0.2) is 0 Å².